The lowest BCUT2D eigenvalue weighted by atomic mass is 10.1. The van der Waals surface area contributed by atoms with Crippen LogP contribution in [0.5, 0.6) is 0 Å². The summed E-state index contributed by atoms with van der Waals surface area (Å²) in [4.78, 5) is 14.7. The van der Waals surface area contributed by atoms with Crippen molar-refractivity contribution in [2.24, 2.45) is 0 Å². The number of rotatable bonds is 4. The zero-order chi connectivity index (χ0) is 17.9. The molecule has 0 bridgehead atoms. The Morgan fingerprint density at radius 3 is 2.92 bits per heavy atom. The van der Waals surface area contributed by atoms with Gasteiger partial charge in [-0.25, -0.2) is 0 Å². The smallest absolute Gasteiger partial charge is 0.255 e. The molecule has 1 fully saturated rings. The van der Waals surface area contributed by atoms with Crippen molar-refractivity contribution in [1.82, 2.24) is 15.1 Å². The molecule has 2 heterocycles. The van der Waals surface area contributed by atoms with E-state index in [9.17, 15) is 9.90 Å². The molecule has 6 nitrogen and oxygen atoms in total. The van der Waals surface area contributed by atoms with E-state index in [4.69, 9.17) is 0 Å². The number of likely N-dealkylation sites (tertiary alicyclic amines) is 1. The Labute approximate surface area is 151 Å². The average molecular weight is 350 g/mol. The Kier molecular flexibility index (Phi) is 4.69. The van der Waals surface area contributed by atoms with Crippen LogP contribution in [0.15, 0.2) is 48.7 Å². The van der Waals surface area contributed by atoms with E-state index in [2.05, 4.69) is 20.4 Å². The van der Waals surface area contributed by atoms with E-state index >= 15 is 0 Å². The predicted molar refractivity (Wildman–Crippen MR) is 101 cm³/mol. The van der Waals surface area contributed by atoms with E-state index in [1.165, 1.54) is 0 Å². The Hall–Kier alpha value is -2.70. The number of β-amino-alcohol motifs (C(OH)–C–C–N with tert-alkyl or cyclic N) is 1. The molecule has 0 aliphatic carbocycles. The standard InChI is InChI=1S/C20H22N4O2/c25-18-2-1-9-24(13-18)12-14-3-5-15(6-4-14)20(26)22-17-8-7-16-11-21-23-19(16)10-17/h3-8,10-11,18,25H,1-2,9,12-13H2,(H,21,23)(H,22,26). The number of carbonyl (C=O) groups is 1. The highest BCUT2D eigenvalue weighted by Gasteiger charge is 2.17. The predicted octanol–water partition coefficient (Wildman–Crippen LogP) is 2.77. The minimum absolute atomic E-state index is 0.135. The van der Waals surface area contributed by atoms with Crippen LogP contribution in [0.3, 0.4) is 0 Å². The van der Waals surface area contributed by atoms with Gasteiger partial charge in [-0.2, -0.15) is 5.10 Å². The van der Waals surface area contributed by atoms with Crippen molar-refractivity contribution in [3.8, 4) is 0 Å². The van der Waals surface area contributed by atoms with Crippen molar-refractivity contribution in [3.63, 3.8) is 0 Å². The van der Waals surface area contributed by atoms with Crippen LogP contribution >= 0.6 is 0 Å². The molecule has 1 aliphatic heterocycles. The molecule has 0 spiro atoms. The first kappa shape index (κ1) is 16.8. The Balaban J connectivity index is 1.40. The second-order valence-corrected chi connectivity index (χ2v) is 6.85. The molecule has 2 aromatic carbocycles. The molecule has 1 saturated heterocycles. The summed E-state index contributed by atoms with van der Waals surface area (Å²) >= 11 is 0. The van der Waals surface area contributed by atoms with E-state index in [0.29, 0.717) is 5.56 Å². The molecule has 1 unspecified atom stereocenters. The van der Waals surface area contributed by atoms with Crippen molar-refractivity contribution >= 4 is 22.5 Å². The summed E-state index contributed by atoms with van der Waals surface area (Å²) in [7, 11) is 0. The Morgan fingerprint density at radius 1 is 1.27 bits per heavy atom. The maximum absolute atomic E-state index is 12.5. The fraction of sp³-hybridized carbons (Fsp3) is 0.300. The lowest BCUT2D eigenvalue weighted by molar-refractivity contribution is 0.0668. The highest BCUT2D eigenvalue weighted by molar-refractivity contribution is 6.05. The third-order valence-corrected chi connectivity index (χ3v) is 4.80. The van der Waals surface area contributed by atoms with Gasteiger partial charge in [-0.1, -0.05) is 12.1 Å². The van der Waals surface area contributed by atoms with Gasteiger partial charge in [0.1, 0.15) is 0 Å². The van der Waals surface area contributed by atoms with Crippen molar-refractivity contribution in [2.75, 3.05) is 18.4 Å². The zero-order valence-electron chi connectivity index (χ0n) is 14.5. The first-order valence-electron chi connectivity index (χ1n) is 8.91. The van der Waals surface area contributed by atoms with Gasteiger partial charge in [0.05, 0.1) is 17.8 Å². The molecule has 1 amide bonds. The van der Waals surface area contributed by atoms with E-state index in [1.54, 1.807) is 6.20 Å². The van der Waals surface area contributed by atoms with Crippen LogP contribution in [-0.2, 0) is 6.54 Å². The number of aromatic nitrogens is 2. The van der Waals surface area contributed by atoms with Crippen LogP contribution in [0.4, 0.5) is 5.69 Å². The average Bonchev–Trinajstić information content (AvgIpc) is 3.10. The quantitative estimate of drug-likeness (QED) is 0.676. The Bertz CT molecular complexity index is 904. The highest BCUT2D eigenvalue weighted by atomic mass is 16.3. The lowest BCUT2D eigenvalue weighted by Crippen LogP contribution is -2.37. The monoisotopic (exact) mass is 350 g/mol. The van der Waals surface area contributed by atoms with E-state index in [0.717, 1.165) is 54.6 Å². The molecular weight excluding hydrogens is 328 g/mol. The number of aromatic amines is 1. The number of hydrogen-bond donors (Lipinski definition) is 3. The van der Waals surface area contributed by atoms with Gasteiger partial charge in [0.2, 0.25) is 0 Å². The second kappa shape index (κ2) is 7.27. The largest absolute Gasteiger partial charge is 0.392 e. The molecule has 134 valence electrons. The van der Waals surface area contributed by atoms with E-state index in [-0.39, 0.29) is 12.0 Å². The van der Waals surface area contributed by atoms with Crippen molar-refractivity contribution in [2.45, 2.75) is 25.5 Å². The van der Waals surface area contributed by atoms with Gasteiger partial charge >= 0.3 is 0 Å². The summed E-state index contributed by atoms with van der Waals surface area (Å²) in [5, 5.41) is 20.6. The lowest BCUT2D eigenvalue weighted by Gasteiger charge is -2.29. The summed E-state index contributed by atoms with van der Waals surface area (Å²) < 4.78 is 0. The fourth-order valence-corrected chi connectivity index (χ4v) is 3.41. The van der Waals surface area contributed by atoms with Gasteiger partial charge in [-0.15, -0.1) is 0 Å². The summed E-state index contributed by atoms with van der Waals surface area (Å²) in [6.07, 6.45) is 3.45. The number of piperidine rings is 1. The molecule has 0 radical (unpaired) electrons. The molecule has 1 aromatic heterocycles. The van der Waals surface area contributed by atoms with Crippen LogP contribution in [0.2, 0.25) is 0 Å². The SMILES string of the molecule is O=C(Nc1ccc2cn[nH]c2c1)c1ccc(CN2CCCC(O)C2)cc1. The summed E-state index contributed by atoms with van der Waals surface area (Å²) in [5.74, 6) is -0.135. The highest BCUT2D eigenvalue weighted by Crippen LogP contribution is 2.18. The summed E-state index contributed by atoms with van der Waals surface area (Å²) in [5.41, 5.74) is 3.40. The normalized spacial score (nSPS) is 18.1. The first-order valence-corrected chi connectivity index (χ1v) is 8.91. The van der Waals surface area contributed by atoms with Gasteiger partial charge in [-0.3, -0.25) is 14.8 Å². The molecule has 3 N–H and O–H groups in total. The first-order chi connectivity index (χ1) is 12.7. The maximum Gasteiger partial charge on any atom is 0.255 e. The Morgan fingerprint density at radius 2 is 2.12 bits per heavy atom. The molecule has 0 saturated carbocycles. The third-order valence-electron chi connectivity index (χ3n) is 4.80. The minimum atomic E-state index is -0.221. The topological polar surface area (TPSA) is 81.2 Å². The fourth-order valence-electron chi connectivity index (χ4n) is 3.41. The minimum Gasteiger partial charge on any atom is -0.392 e. The second-order valence-electron chi connectivity index (χ2n) is 6.85. The number of aliphatic hydroxyl groups is 1. The van der Waals surface area contributed by atoms with Crippen molar-refractivity contribution in [1.29, 1.82) is 0 Å². The number of H-pyrrole nitrogens is 1. The van der Waals surface area contributed by atoms with Gasteiger partial charge in [-0.05, 0) is 55.3 Å². The maximum atomic E-state index is 12.5. The van der Waals surface area contributed by atoms with Gasteiger partial charge in [0, 0.05) is 29.7 Å². The number of aliphatic hydroxyl groups excluding tert-OH is 1. The van der Waals surface area contributed by atoms with Crippen LogP contribution in [-0.4, -0.2) is 45.3 Å². The zero-order valence-corrected chi connectivity index (χ0v) is 14.5. The number of fused-ring (bicyclic) bond motifs is 1. The van der Waals surface area contributed by atoms with E-state index < -0.39 is 0 Å². The molecule has 4 rings (SSSR count). The number of anilines is 1. The van der Waals surface area contributed by atoms with Crippen LogP contribution in [0, 0.1) is 0 Å². The van der Waals surface area contributed by atoms with Gasteiger partial charge in [0.15, 0.2) is 0 Å². The van der Waals surface area contributed by atoms with Crippen LogP contribution < -0.4 is 5.32 Å². The summed E-state index contributed by atoms with van der Waals surface area (Å²) in [6.45, 7) is 2.53. The van der Waals surface area contributed by atoms with Crippen molar-refractivity contribution in [3.05, 3.63) is 59.8 Å². The summed E-state index contributed by atoms with van der Waals surface area (Å²) in [6, 6.07) is 13.3. The molecule has 6 heteroatoms. The molecular formula is C20H22N4O2. The number of benzene rings is 2. The molecule has 1 atom stereocenters. The number of nitrogens with one attached hydrogen (secondary N) is 2. The van der Waals surface area contributed by atoms with Crippen LogP contribution in [0.25, 0.3) is 10.9 Å². The number of hydrogen-bond acceptors (Lipinski definition) is 4. The van der Waals surface area contributed by atoms with Crippen LogP contribution in [0.1, 0.15) is 28.8 Å². The molecule has 1 aliphatic rings. The molecule has 26 heavy (non-hydrogen) atoms. The molecule has 3 aromatic rings. The van der Waals surface area contributed by atoms with Gasteiger partial charge in [0.25, 0.3) is 5.91 Å². The van der Waals surface area contributed by atoms with E-state index in [1.807, 2.05) is 42.5 Å². The number of amides is 1. The van der Waals surface area contributed by atoms with Crippen molar-refractivity contribution < 1.29 is 9.90 Å². The third kappa shape index (κ3) is 3.76. The van der Waals surface area contributed by atoms with Gasteiger partial charge < -0.3 is 10.4 Å². The number of nitrogens with zero attached hydrogens (tertiary/aromatic N) is 2. The number of carbonyl (C=O) groups excluding carboxylic acids is 1.